The molecular weight excluding hydrogens is 434 g/mol. The van der Waals surface area contributed by atoms with Gasteiger partial charge in [-0.2, -0.15) is 0 Å². The van der Waals surface area contributed by atoms with Gasteiger partial charge < -0.3 is 19.2 Å². The van der Waals surface area contributed by atoms with Crippen molar-refractivity contribution < 1.29 is 14.2 Å². The van der Waals surface area contributed by atoms with Gasteiger partial charge in [0.2, 0.25) is 11.8 Å². The summed E-state index contributed by atoms with van der Waals surface area (Å²) in [6.07, 6.45) is 3.05. The topological polar surface area (TPSA) is 112 Å². The Balaban J connectivity index is 1.31. The van der Waals surface area contributed by atoms with E-state index in [0.29, 0.717) is 48.6 Å². The average molecular weight is 460 g/mol. The number of pyridine rings is 1. The highest BCUT2D eigenvalue weighted by molar-refractivity contribution is 5.69. The number of methoxy groups -OCH3 is 1. The van der Waals surface area contributed by atoms with Crippen LogP contribution >= 0.6 is 0 Å². The third-order valence-electron chi connectivity index (χ3n) is 5.92. The Hall–Kier alpha value is -3.85. The fourth-order valence-corrected chi connectivity index (χ4v) is 4.10. The van der Waals surface area contributed by atoms with E-state index in [1.165, 1.54) is 7.11 Å². The van der Waals surface area contributed by atoms with Gasteiger partial charge in [-0.05, 0) is 37.0 Å². The summed E-state index contributed by atoms with van der Waals surface area (Å²) in [5.41, 5.74) is 2.80. The van der Waals surface area contributed by atoms with Crippen molar-refractivity contribution in [1.29, 1.82) is 0 Å². The van der Waals surface area contributed by atoms with Gasteiger partial charge in [0, 0.05) is 24.8 Å². The second kappa shape index (κ2) is 9.56. The Kier molecular flexibility index (Phi) is 6.18. The van der Waals surface area contributed by atoms with Crippen LogP contribution in [-0.2, 0) is 11.3 Å². The van der Waals surface area contributed by atoms with Crippen LogP contribution in [0.15, 0.2) is 53.5 Å². The fraction of sp³-hybridized carbons (Fsp3) is 0.320. The number of nitrogens with one attached hydrogen (secondary N) is 1. The van der Waals surface area contributed by atoms with Crippen molar-refractivity contribution in [2.45, 2.75) is 38.4 Å². The van der Waals surface area contributed by atoms with Crippen LogP contribution in [0.3, 0.4) is 0 Å². The third-order valence-corrected chi connectivity index (χ3v) is 5.92. The molecule has 1 aliphatic heterocycles. The Labute approximate surface area is 196 Å². The van der Waals surface area contributed by atoms with E-state index in [-0.39, 0.29) is 23.1 Å². The van der Waals surface area contributed by atoms with E-state index < -0.39 is 0 Å². The summed E-state index contributed by atoms with van der Waals surface area (Å²) in [6, 6.07) is 13.8. The summed E-state index contributed by atoms with van der Waals surface area (Å²) in [4.78, 5) is 33.3. The van der Waals surface area contributed by atoms with Crippen molar-refractivity contribution in [3.05, 3.63) is 81.7 Å². The molecule has 4 aromatic rings. The molecule has 0 radical (unpaired) electrons. The third kappa shape index (κ3) is 4.60. The van der Waals surface area contributed by atoms with Crippen LogP contribution in [-0.4, -0.2) is 38.6 Å². The second-order valence-electron chi connectivity index (χ2n) is 8.23. The number of fused-ring (bicyclic) bond motifs is 1. The summed E-state index contributed by atoms with van der Waals surface area (Å²) < 4.78 is 17.0. The average Bonchev–Trinajstić information content (AvgIpc) is 2.88. The maximum atomic E-state index is 12.7. The summed E-state index contributed by atoms with van der Waals surface area (Å²) in [5, 5.41) is 0. The highest BCUT2D eigenvalue weighted by atomic mass is 16.5. The number of hydrogen-bond acceptors (Lipinski definition) is 8. The SMILES string of the molecule is COc1nc2c(=O)[nH]c([C@H]3CCO[C@@H](c4ccc(OCc5ccccc5)nc4)C3)nc2nc1C. The van der Waals surface area contributed by atoms with Crippen molar-refractivity contribution in [3.8, 4) is 11.8 Å². The minimum atomic E-state index is -0.324. The van der Waals surface area contributed by atoms with Gasteiger partial charge in [0.15, 0.2) is 11.2 Å². The first-order valence-electron chi connectivity index (χ1n) is 11.2. The zero-order chi connectivity index (χ0) is 23.5. The molecule has 0 saturated carbocycles. The molecule has 1 saturated heterocycles. The van der Waals surface area contributed by atoms with Gasteiger partial charge in [-0.15, -0.1) is 0 Å². The number of benzene rings is 1. The second-order valence-corrected chi connectivity index (χ2v) is 8.23. The van der Waals surface area contributed by atoms with Crippen LogP contribution in [0, 0.1) is 6.92 Å². The summed E-state index contributed by atoms with van der Waals surface area (Å²) >= 11 is 0. The van der Waals surface area contributed by atoms with Crippen molar-refractivity contribution in [1.82, 2.24) is 24.9 Å². The van der Waals surface area contributed by atoms with Crippen LogP contribution in [0.5, 0.6) is 11.8 Å². The number of hydrogen-bond donors (Lipinski definition) is 1. The number of rotatable bonds is 6. The Morgan fingerprint density at radius 2 is 1.97 bits per heavy atom. The highest BCUT2D eigenvalue weighted by Crippen LogP contribution is 2.36. The van der Waals surface area contributed by atoms with E-state index in [4.69, 9.17) is 14.2 Å². The van der Waals surface area contributed by atoms with Gasteiger partial charge >= 0.3 is 0 Å². The van der Waals surface area contributed by atoms with Gasteiger partial charge in [0.05, 0.1) is 13.2 Å². The van der Waals surface area contributed by atoms with Gasteiger partial charge in [-0.3, -0.25) is 4.79 Å². The highest BCUT2D eigenvalue weighted by Gasteiger charge is 2.28. The normalized spacial score (nSPS) is 18.1. The number of nitrogens with zero attached hydrogens (tertiary/aromatic N) is 4. The van der Waals surface area contributed by atoms with E-state index in [2.05, 4.69) is 24.9 Å². The van der Waals surface area contributed by atoms with Crippen molar-refractivity contribution in [3.63, 3.8) is 0 Å². The predicted molar refractivity (Wildman–Crippen MR) is 125 cm³/mol. The monoisotopic (exact) mass is 459 g/mol. The first-order chi connectivity index (χ1) is 16.6. The van der Waals surface area contributed by atoms with Crippen molar-refractivity contribution in [2.75, 3.05) is 13.7 Å². The quantitative estimate of drug-likeness (QED) is 0.465. The molecule has 0 spiro atoms. The van der Waals surface area contributed by atoms with Gasteiger partial charge in [0.1, 0.15) is 18.1 Å². The molecule has 174 valence electrons. The van der Waals surface area contributed by atoms with E-state index in [0.717, 1.165) is 17.5 Å². The smallest absolute Gasteiger partial charge is 0.279 e. The van der Waals surface area contributed by atoms with Gasteiger partial charge in [0.25, 0.3) is 5.56 Å². The maximum absolute atomic E-state index is 12.7. The Morgan fingerprint density at radius 3 is 2.74 bits per heavy atom. The molecule has 3 aromatic heterocycles. The number of ether oxygens (including phenoxy) is 3. The zero-order valence-corrected chi connectivity index (χ0v) is 19.0. The molecule has 0 bridgehead atoms. The number of aromatic amines is 1. The van der Waals surface area contributed by atoms with Crippen molar-refractivity contribution in [2.24, 2.45) is 0 Å². The molecule has 0 amide bonds. The molecule has 0 unspecified atom stereocenters. The largest absolute Gasteiger partial charge is 0.480 e. The van der Waals surface area contributed by atoms with Crippen molar-refractivity contribution >= 4 is 11.2 Å². The summed E-state index contributed by atoms with van der Waals surface area (Å²) in [7, 11) is 1.50. The van der Waals surface area contributed by atoms with Crippen LogP contribution in [0.4, 0.5) is 0 Å². The summed E-state index contributed by atoms with van der Waals surface area (Å²) in [5.74, 6) is 1.50. The molecule has 1 aliphatic rings. The first-order valence-corrected chi connectivity index (χ1v) is 11.2. The Morgan fingerprint density at radius 1 is 1.12 bits per heavy atom. The minimum Gasteiger partial charge on any atom is -0.480 e. The molecule has 5 rings (SSSR count). The molecule has 1 fully saturated rings. The number of aromatic nitrogens is 5. The van der Waals surface area contributed by atoms with Crippen LogP contribution < -0.4 is 15.0 Å². The minimum absolute atomic E-state index is 0.0223. The standard InChI is InChI=1S/C25H25N5O4/c1-15-25(32-2)28-21-23(27-15)29-22(30-24(21)31)17-10-11-33-19(12-17)18-8-9-20(26-13-18)34-14-16-6-4-3-5-7-16/h3-9,13,17,19H,10-12,14H2,1-2H3,(H,27,29,30,31)/t17-,19+/m0/s1. The van der Waals surface area contributed by atoms with E-state index in [1.807, 2.05) is 42.5 Å². The number of aryl methyl sites for hydroxylation is 1. The lowest BCUT2D eigenvalue weighted by Gasteiger charge is -2.29. The molecule has 1 aromatic carbocycles. The van der Waals surface area contributed by atoms with Crippen LogP contribution in [0.25, 0.3) is 11.2 Å². The van der Waals surface area contributed by atoms with E-state index in [1.54, 1.807) is 13.1 Å². The Bertz CT molecular complexity index is 1340. The molecule has 4 heterocycles. The fourth-order valence-electron chi connectivity index (χ4n) is 4.10. The van der Waals surface area contributed by atoms with Crippen LogP contribution in [0.1, 0.15) is 47.5 Å². The molecular formula is C25H25N5O4. The molecule has 9 heteroatoms. The number of H-pyrrole nitrogens is 1. The lowest BCUT2D eigenvalue weighted by molar-refractivity contribution is 0.00373. The molecule has 34 heavy (non-hydrogen) atoms. The van der Waals surface area contributed by atoms with Gasteiger partial charge in [-0.1, -0.05) is 30.3 Å². The lowest BCUT2D eigenvalue weighted by atomic mass is 9.92. The van der Waals surface area contributed by atoms with Crippen LogP contribution in [0.2, 0.25) is 0 Å². The predicted octanol–water partition coefficient (Wildman–Crippen LogP) is 3.64. The first kappa shape index (κ1) is 22.0. The molecule has 1 N–H and O–H groups in total. The van der Waals surface area contributed by atoms with E-state index in [9.17, 15) is 4.79 Å². The lowest BCUT2D eigenvalue weighted by Crippen LogP contribution is -2.23. The maximum Gasteiger partial charge on any atom is 0.279 e. The molecule has 9 nitrogen and oxygen atoms in total. The van der Waals surface area contributed by atoms with E-state index >= 15 is 0 Å². The molecule has 0 aliphatic carbocycles. The zero-order valence-electron chi connectivity index (χ0n) is 19.0. The molecule has 2 atom stereocenters. The summed E-state index contributed by atoms with van der Waals surface area (Å²) in [6.45, 7) is 2.79. The van der Waals surface area contributed by atoms with Gasteiger partial charge in [-0.25, -0.2) is 19.9 Å².